The van der Waals surface area contributed by atoms with Crippen LogP contribution in [0.4, 0.5) is 11.4 Å². The number of nitrogens with two attached hydrogens (primary N) is 1. The van der Waals surface area contributed by atoms with E-state index in [9.17, 15) is 4.79 Å². The highest BCUT2D eigenvalue weighted by Crippen LogP contribution is 2.18. The second-order valence-electron chi connectivity index (χ2n) is 5.99. The topological polar surface area (TPSA) is 58.4 Å². The fourth-order valence-corrected chi connectivity index (χ4v) is 2.51. The minimum Gasteiger partial charge on any atom is -0.398 e. The molecule has 0 aromatic heterocycles. The van der Waals surface area contributed by atoms with Gasteiger partial charge in [0, 0.05) is 36.6 Å². The van der Waals surface area contributed by atoms with Crippen molar-refractivity contribution in [2.75, 3.05) is 24.1 Å². The SMILES string of the molecule is C=CCN(CC=C)Cc1ccc(C(=O)Nc2ccc(C)c(N)c2)cc1. The van der Waals surface area contributed by atoms with Crippen molar-refractivity contribution in [1.29, 1.82) is 0 Å². The molecule has 4 heteroatoms. The standard InChI is InChI=1S/C21H25N3O/c1-4-12-24(13-5-2)15-17-7-9-18(10-8-17)21(25)23-19-11-6-16(3)20(22)14-19/h4-11,14H,1-2,12-13,15,22H2,3H3,(H,23,25). The number of rotatable bonds is 8. The van der Waals surface area contributed by atoms with Crippen molar-refractivity contribution in [2.24, 2.45) is 0 Å². The number of nitrogen functional groups attached to an aromatic ring is 1. The summed E-state index contributed by atoms with van der Waals surface area (Å²) < 4.78 is 0. The number of carbonyl (C=O) groups is 1. The molecule has 0 fully saturated rings. The van der Waals surface area contributed by atoms with Gasteiger partial charge in [0.25, 0.3) is 5.91 Å². The summed E-state index contributed by atoms with van der Waals surface area (Å²) in [5.41, 5.74) is 9.98. The van der Waals surface area contributed by atoms with E-state index in [1.165, 1.54) is 0 Å². The first-order chi connectivity index (χ1) is 12.0. The maximum absolute atomic E-state index is 12.4. The van der Waals surface area contributed by atoms with E-state index in [1.807, 2.05) is 55.5 Å². The highest BCUT2D eigenvalue weighted by molar-refractivity contribution is 6.04. The van der Waals surface area contributed by atoms with E-state index < -0.39 is 0 Å². The number of nitrogens with one attached hydrogen (secondary N) is 1. The third-order valence-electron chi connectivity index (χ3n) is 3.93. The molecule has 1 amide bonds. The lowest BCUT2D eigenvalue weighted by molar-refractivity contribution is 0.102. The van der Waals surface area contributed by atoms with Crippen LogP contribution in [0.2, 0.25) is 0 Å². The zero-order valence-corrected chi connectivity index (χ0v) is 14.7. The van der Waals surface area contributed by atoms with Crippen molar-refractivity contribution in [2.45, 2.75) is 13.5 Å². The lowest BCUT2D eigenvalue weighted by atomic mass is 10.1. The lowest BCUT2D eigenvalue weighted by Crippen LogP contribution is -2.23. The molecule has 0 heterocycles. The predicted molar refractivity (Wildman–Crippen MR) is 106 cm³/mol. The number of hydrogen-bond donors (Lipinski definition) is 2. The summed E-state index contributed by atoms with van der Waals surface area (Å²) >= 11 is 0. The van der Waals surface area contributed by atoms with Gasteiger partial charge in [-0.15, -0.1) is 13.2 Å². The molecular formula is C21H25N3O. The molecule has 25 heavy (non-hydrogen) atoms. The van der Waals surface area contributed by atoms with Gasteiger partial charge < -0.3 is 11.1 Å². The van der Waals surface area contributed by atoms with E-state index in [0.29, 0.717) is 16.9 Å². The van der Waals surface area contributed by atoms with E-state index in [-0.39, 0.29) is 5.91 Å². The second kappa shape index (κ2) is 8.85. The first kappa shape index (κ1) is 18.5. The van der Waals surface area contributed by atoms with Crippen LogP contribution in [0, 0.1) is 6.92 Å². The molecule has 2 aromatic rings. The summed E-state index contributed by atoms with van der Waals surface area (Å²) in [5, 5.41) is 2.87. The Morgan fingerprint density at radius 3 is 2.32 bits per heavy atom. The van der Waals surface area contributed by atoms with Crippen LogP contribution in [0.3, 0.4) is 0 Å². The quantitative estimate of drug-likeness (QED) is 0.566. The van der Waals surface area contributed by atoms with Gasteiger partial charge >= 0.3 is 0 Å². The molecule has 0 aliphatic heterocycles. The molecule has 2 aromatic carbocycles. The van der Waals surface area contributed by atoms with Crippen molar-refractivity contribution < 1.29 is 4.79 Å². The first-order valence-electron chi connectivity index (χ1n) is 8.24. The number of aryl methyl sites for hydroxylation is 1. The van der Waals surface area contributed by atoms with Crippen LogP contribution in [0.5, 0.6) is 0 Å². The van der Waals surface area contributed by atoms with Crippen LogP contribution in [0.25, 0.3) is 0 Å². The van der Waals surface area contributed by atoms with Crippen LogP contribution in [-0.2, 0) is 6.54 Å². The minimum atomic E-state index is -0.149. The molecule has 0 bridgehead atoms. The molecule has 2 rings (SSSR count). The van der Waals surface area contributed by atoms with Crippen LogP contribution in [0.1, 0.15) is 21.5 Å². The fraction of sp³-hybridized carbons (Fsp3) is 0.190. The Balaban J connectivity index is 2.02. The largest absolute Gasteiger partial charge is 0.398 e. The second-order valence-corrected chi connectivity index (χ2v) is 5.99. The molecule has 0 saturated heterocycles. The van der Waals surface area contributed by atoms with Gasteiger partial charge in [0.1, 0.15) is 0 Å². The Labute approximate surface area is 149 Å². The van der Waals surface area contributed by atoms with Gasteiger partial charge in [-0.3, -0.25) is 9.69 Å². The third-order valence-corrected chi connectivity index (χ3v) is 3.93. The van der Waals surface area contributed by atoms with Crippen molar-refractivity contribution in [3.8, 4) is 0 Å². The maximum atomic E-state index is 12.4. The average molecular weight is 335 g/mol. The number of benzene rings is 2. The fourth-order valence-electron chi connectivity index (χ4n) is 2.51. The average Bonchev–Trinajstić information content (AvgIpc) is 2.59. The molecule has 130 valence electrons. The summed E-state index contributed by atoms with van der Waals surface area (Å²) in [6.45, 7) is 11.9. The van der Waals surface area contributed by atoms with Crippen LogP contribution in [-0.4, -0.2) is 23.9 Å². The molecule has 0 spiro atoms. The normalized spacial score (nSPS) is 10.5. The first-order valence-corrected chi connectivity index (χ1v) is 8.24. The van der Waals surface area contributed by atoms with Crippen molar-refractivity contribution >= 4 is 17.3 Å². The Morgan fingerprint density at radius 2 is 1.76 bits per heavy atom. The smallest absolute Gasteiger partial charge is 0.255 e. The molecule has 0 radical (unpaired) electrons. The number of nitrogens with zero attached hydrogens (tertiary/aromatic N) is 1. The summed E-state index contributed by atoms with van der Waals surface area (Å²) in [4.78, 5) is 14.6. The molecule has 4 nitrogen and oxygen atoms in total. The predicted octanol–water partition coefficient (Wildman–Crippen LogP) is 4.00. The number of anilines is 2. The summed E-state index contributed by atoms with van der Waals surface area (Å²) in [6.07, 6.45) is 3.75. The van der Waals surface area contributed by atoms with Crippen molar-refractivity contribution in [1.82, 2.24) is 4.90 Å². The van der Waals surface area contributed by atoms with E-state index in [1.54, 1.807) is 6.07 Å². The molecular weight excluding hydrogens is 310 g/mol. The number of hydrogen-bond acceptors (Lipinski definition) is 3. The van der Waals surface area contributed by atoms with Crippen LogP contribution in [0.15, 0.2) is 67.8 Å². The Morgan fingerprint density at radius 1 is 1.12 bits per heavy atom. The van der Waals surface area contributed by atoms with Gasteiger partial charge in [0.05, 0.1) is 0 Å². The Bertz CT molecular complexity index is 740. The Hall–Kier alpha value is -2.85. The summed E-state index contributed by atoms with van der Waals surface area (Å²) in [6, 6.07) is 13.1. The van der Waals surface area contributed by atoms with Gasteiger partial charge in [-0.2, -0.15) is 0 Å². The highest BCUT2D eigenvalue weighted by Gasteiger charge is 2.08. The van der Waals surface area contributed by atoms with Gasteiger partial charge in [0.2, 0.25) is 0 Å². The van der Waals surface area contributed by atoms with Gasteiger partial charge in [0.15, 0.2) is 0 Å². The number of amides is 1. The zero-order chi connectivity index (χ0) is 18.2. The summed E-state index contributed by atoms with van der Waals surface area (Å²) in [5.74, 6) is -0.149. The lowest BCUT2D eigenvalue weighted by Gasteiger charge is -2.18. The van der Waals surface area contributed by atoms with Crippen LogP contribution < -0.4 is 11.1 Å². The molecule has 0 aliphatic carbocycles. The van der Waals surface area contributed by atoms with E-state index in [0.717, 1.165) is 30.8 Å². The van der Waals surface area contributed by atoms with E-state index in [2.05, 4.69) is 23.4 Å². The van der Waals surface area contributed by atoms with Crippen molar-refractivity contribution in [3.05, 3.63) is 84.5 Å². The van der Waals surface area contributed by atoms with Crippen molar-refractivity contribution in [3.63, 3.8) is 0 Å². The maximum Gasteiger partial charge on any atom is 0.255 e. The molecule has 0 aliphatic rings. The molecule has 0 unspecified atom stereocenters. The van der Waals surface area contributed by atoms with E-state index in [4.69, 9.17) is 5.73 Å². The van der Waals surface area contributed by atoms with Gasteiger partial charge in [-0.05, 0) is 42.3 Å². The van der Waals surface area contributed by atoms with Gasteiger partial charge in [-0.1, -0.05) is 30.4 Å². The number of carbonyl (C=O) groups excluding carboxylic acids is 1. The van der Waals surface area contributed by atoms with Gasteiger partial charge in [-0.25, -0.2) is 0 Å². The zero-order valence-electron chi connectivity index (χ0n) is 14.7. The molecule has 3 N–H and O–H groups in total. The minimum absolute atomic E-state index is 0.149. The Kier molecular flexibility index (Phi) is 6.54. The molecule has 0 atom stereocenters. The van der Waals surface area contributed by atoms with Crippen LogP contribution >= 0.6 is 0 Å². The summed E-state index contributed by atoms with van der Waals surface area (Å²) in [7, 11) is 0. The third kappa shape index (κ3) is 5.33. The molecule has 0 saturated carbocycles. The highest BCUT2D eigenvalue weighted by atomic mass is 16.1. The van der Waals surface area contributed by atoms with E-state index >= 15 is 0 Å². The monoisotopic (exact) mass is 335 g/mol.